The molecule has 2 aromatic rings. The summed E-state index contributed by atoms with van der Waals surface area (Å²) < 4.78 is 6.02. The highest BCUT2D eigenvalue weighted by Gasteiger charge is 2.38. The van der Waals surface area contributed by atoms with E-state index in [4.69, 9.17) is 9.94 Å². The van der Waals surface area contributed by atoms with Gasteiger partial charge in [-0.1, -0.05) is 46.8 Å². The molecule has 0 spiro atoms. The van der Waals surface area contributed by atoms with E-state index in [0.29, 0.717) is 23.5 Å². The maximum Gasteiger partial charge on any atom is 0.274 e. The summed E-state index contributed by atoms with van der Waals surface area (Å²) in [5.74, 6) is -0.138. The van der Waals surface area contributed by atoms with Crippen LogP contribution in [0, 0.1) is 0 Å². The smallest absolute Gasteiger partial charge is 0.274 e. The van der Waals surface area contributed by atoms with Crippen molar-refractivity contribution in [2.24, 2.45) is 0 Å². The van der Waals surface area contributed by atoms with E-state index < -0.39 is 5.91 Å². The molecular weight excluding hydrogens is 378 g/mol. The quantitative estimate of drug-likeness (QED) is 0.392. The van der Waals surface area contributed by atoms with Gasteiger partial charge in [0.15, 0.2) is 5.78 Å². The zero-order valence-corrected chi connectivity index (χ0v) is 18.5. The van der Waals surface area contributed by atoms with Gasteiger partial charge in [-0.25, -0.2) is 5.48 Å². The maximum absolute atomic E-state index is 13.4. The third kappa shape index (κ3) is 4.12. The highest BCUT2D eigenvalue weighted by atomic mass is 16.5. The van der Waals surface area contributed by atoms with E-state index in [0.717, 1.165) is 19.3 Å². The molecule has 160 valence electrons. The Morgan fingerprint density at radius 3 is 2.03 bits per heavy atom. The number of carbonyl (C=O) groups is 2. The lowest BCUT2D eigenvalue weighted by Crippen LogP contribution is -2.34. The Balaban J connectivity index is 2.10. The molecule has 0 saturated carbocycles. The molecule has 0 fully saturated rings. The fourth-order valence-electron chi connectivity index (χ4n) is 4.10. The van der Waals surface area contributed by atoms with Crippen LogP contribution in [0.5, 0.6) is 5.75 Å². The van der Waals surface area contributed by atoms with Crippen LogP contribution in [-0.4, -0.2) is 23.5 Å². The van der Waals surface area contributed by atoms with Gasteiger partial charge in [-0.3, -0.25) is 14.8 Å². The second kappa shape index (κ2) is 8.23. The Morgan fingerprint density at radius 1 is 0.967 bits per heavy atom. The average Bonchev–Trinajstić information content (AvgIpc) is 2.74. The highest BCUT2D eigenvalue weighted by Crippen LogP contribution is 2.48. The van der Waals surface area contributed by atoms with Crippen molar-refractivity contribution >= 4 is 11.7 Å². The van der Waals surface area contributed by atoms with E-state index in [1.54, 1.807) is 17.6 Å². The molecule has 0 bridgehead atoms. The van der Waals surface area contributed by atoms with Crippen LogP contribution in [-0.2, 0) is 10.8 Å². The average molecular weight is 410 g/mol. The standard InChI is InChI=1S/C25H31NO4/c1-6-13-30-21-15-20-19(24(2,3)11-12-25(20,4)5)14-18(21)22(27)16-7-9-17(10-8-16)23(28)26-29/h7-10,14-15,29H,6,11-13H2,1-5H3,(H,26,28). The van der Waals surface area contributed by atoms with Crippen LogP contribution in [0.1, 0.15) is 91.3 Å². The molecule has 2 aromatic carbocycles. The predicted octanol–water partition coefficient (Wildman–Crippen LogP) is 5.17. The summed E-state index contributed by atoms with van der Waals surface area (Å²) in [7, 11) is 0. The Kier molecular flexibility index (Phi) is 6.04. The van der Waals surface area contributed by atoms with Crippen LogP contribution in [0.3, 0.4) is 0 Å². The first-order chi connectivity index (χ1) is 14.1. The Bertz CT molecular complexity index is 958. The number of fused-ring (bicyclic) bond motifs is 1. The second-order valence-corrected chi connectivity index (χ2v) is 9.36. The molecule has 0 radical (unpaired) electrons. The SMILES string of the molecule is CCCOc1cc2c(cc1C(=O)c1ccc(C(=O)NO)cc1)C(C)(C)CCC2(C)C. The minimum Gasteiger partial charge on any atom is -0.493 e. The van der Waals surface area contributed by atoms with Crippen molar-refractivity contribution in [3.63, 3.8) is 0 Å². The van der Waals surface area contributed by atoms with Crippen LogP contribution in [0.2, 0.25) is 0 Å². The van der Waals surface area contributed by atoms with Crippen LogP contribution in [0.25, 0.3) is 0 Å². The normalized spacial score (nSPS) is 16.5. The van der Waals surface area contributed by atoms with Crippen molar-refractivity contribution in [1.29, 1.82) is 0 Å². The van der Waals surface area contributed by atoms with Gasteiger partial charge in [-0.2, -0.15) is 0 Å². The molecule has 0 atom stereocenters. The van der Waals surface area contributed by atoms with Crippen LogP contribution in [0.4, 0.5) is 0 Å². The lowest BCUT2D eigenvalue weighted by Gasteiger charge is -2.42. The van der Waals surface area contributed by atoms with Crippen molar-refractivity contribution in [2.45, 2.75) is 64.7 Å². The van der Waals surface area contributed by atoms with E-state index in [-0.39, 0.29) is 22.2 Å². The topological polar surface area (TPSA) is 75.6 Å². The molecular formula is C25H31NO4. The van der Waals surface area contributed by atoms with Gasteiger partial charge in [0, 0.05) is 11.1 Å². The summed E-state index contributed by atoms with van der Waals surface area (Å²) >= 11 is 0. The monoisotopic (exact) mass is 409 g/mol. The van der Waals surface area contributed by atoms with Crippen LogP contribution < -0.4 is 10.2 Å². The number of carbonyl (C=O) groups excluding carboxylic acids is 2. The van der Waals surface area contributed by atoms with Crippen molar-refractivity contribution < 1.29 is 19.5 Å². The van der Waals surface area contributed by atoms with Crippen molar-refractivity contribution in [3.05, 3.63) is 64.2 Å². The lowest BCUT2D eigenvalue weighted by molar-refractivity contribution is 0.0706. The number of hydroxylamine groups is 1. The largest absolute Gasteiger partial charge is 0.493 e. The van der Waals surface area contributed by atoms with Gasteiger partial charge in [0.05, 0.1) is 12.2 Å². The summed E-state index contributed by atoms with van der Waals surface area (Å²) in [6.07, 6.45) is 2.99. The molecule has 3 rings (SSSR count). The Hall–Kier alpha value is -2.66. The Morgan fingerprint density at radius 2 is 1.50 bits per heavy atom. The van der Waals surface area contributed by atoms with E-state index >= 15 is 0 Å². The molecule has 30 heavy (non-hydrogen) atoms. The van der Waals surface area contributed by atoms with Crippen LogP contribution >= 0.6 is 0 Å². The minimum atomic E-state index is -0.612. The lowest BCUT2D eigenvalue weighted by atomic mass is 9.62. The summed E-state index contributed by atoms with van der Waals surface area (Å²) in [6, 6.07) is 10.3. The van der Waals surface area contributed by atoms with Crippen LogP contribution in [0.15, 0.2) is 36.4 Å². The molecule has 0 aliphatic heterocycles. The first-order valence-electron chi connectivity index (χ1n) is 10.5. The predicted molar refractivity (Wildman–Crippen MR) is 117 cm³/mol. The van der Waals surface area contributed by atoms with Gasteiger partial charge in [0.2, 0.25) is 0 Å². The van der Waals surface area contributed by atoms with Crippen molar-refractivity contribution in [3.8, 4) is 5.75 Å². The molecule has 0 aromatic heterocycles. The first kappa shape index (κ1) is 22.0. The number of benzene rings is 2. The molecule has 0 heterocycles. The number of rotatable bonds is 6. The third-order valence-electron chi connectivity index (χ3n) is 6.17. The summed E-state index contributed by atoms with van der Waals surface area (Å²) in [4.78, 5) is 25.0. The molecule has 5 heteroatoms. The first-order valence-corrected chi connectivity index (χ1v) is 10.5. The fraction of sp³-hybridized carbons (Fsp3) is 0.440. The van der Waals surface area contributed by atoms with Gasteiger partial charge in [0.1, 0.15) is 5.75 Å². The highest BCUT2D eigenvalue weighted by molar-refractivity contribution is 6.11. The summed E-state index contributed by atoms with van der Waals surface area (Å²) in [6.45, 7) is 11.5. The van der Waals surface area contributed by atoms with Gasteiger partial charge in [-0.15, -0.1) is 0 Å². The van der Waals surface area contributed by atoms with Crippen molar-refractivity contribution in [1.82, 2.24) is 5.48 Å². The molecule has 5 nitrogen and oxygen atoms in total. The van der Waals surface area contributed by atoms with Gasteiger partial charge in [-0.05, 0) is 65.5 Å². The molecule has 1 aliphatic rings. The number of hydrogen-bond donors (Lipinski definition) is 2. The molecule has 2 N–H and O–H groups in total. The molecule has 1 aliphatic carbocycles. The van der Waals surface area contributed by atoms with E-state index in [1.165, 1.54) is 23.3 Å². The molecule has 0 unspecified atom stereocenters. The molecule has 0 saturated heterocycles. The Labute approximate surface area is 178 Å². The van der Waals surface area contributed by atoms with E-state index in [2.05, 4.69) is 33.8 Å². The van der Waals surface area contributed by atoms with Gasteiger partial charge in [0.25, 0.3) is 5.91 Å². The van der Waals surface area contributed by atoms with E-state index in [9.17, 15) is 9.59 Å². The number of amides is 1. The molecule has 1 amide bonds. The van der Waals surface area contributed by atoms with Gasteiger partial charge < -0.3 is 4.74 Å². The number of ketones is 1. The van der Waals surface area contributed by atoms with E-state index in [1.807, 2.05) is 13.0 Å². The number of nitrogens with one attached hydrogen (secondary N) is 1. The summed E-state index contributed by atoms with van der Waals surface area (Å²) in [5, 5.41) is 8.78. The minimum absolute atomic E-state index is 0.0216. The zero-order chi connectivity index (χ0) is 22.1. The van der Waals surface area contributed by atoms with Crippen molar-refractivity contribution in [2.75, 3.05) is 6.61 Å². The maximum atomic E-state index is 13.4. The van der Waals surface area contributed by atoms with Gasteiger partial charge >= 0.3 is 0 Å². The fourth-order valence-corrected chi connectivity index (χ4v) is 4.10. The zero-order valence-electron chi connectivity index (χ0n) is 18.5. The third-order valence-corrected chi connectivity index (χ3v) is 6.17. The second-order valence-electron chi connectivity index (χ2n) is 9.36. The summed E-state index contributed by atoms with van der Waals surface area (Å²) in [5.41, 5.74) is 5.35. The number of ether oxygens (including phenoxy) is 1. The number of hydrogen-bond acceptors (Lipinski definition) is 4.